The van der Waals surface area contributed by atoms with Gasteiger partial charge in [0.15, 0.2) is 6.61 Å². The number of amides is 1. The predicted molar refractivity (Wildman–Crippen MR) is 115 cm³/mol. The first-order chi connectivity index (χ1) is 14.6. The van der Waals surface area contributed by atoms with Gasteiger partial charge in [-0.1, -0.05) is 42.0 Å². The summed E-state index contributed by atoms with van der Waals surface area (Å²) in [6.07, 6.45) is 2.27. The third-order valence-electron chi connectivity index (χ3n) is 5.14. The summed E-state index contributed by atoms with van der Waals surface area (Å²) in [5.41, 5.74) is 4.18. The van der Waals surface area contributed by atoms with Gasteiger partial charge >= 0.3 is 0 Å². The standard InChI is InChI=1S/C24H24N2O4/c1-17-6-8-20(9-7-17)25-24(28)16-30-23-15-29-21(12-22(23)27)14-26-11-10-18-4-2-3-5-19(18)13-26/h2-9,12,15H,10-11,13-14,16H2,1H3,(H,25,28). The Kier molecular flexibility index (Phi) is 5.95. The lowest BCUT2D eigenvalue weighted by Crippen LogP contribution is -2.30. The van der Waals surface area contributed by atoms with Crippen LogP contribution in [0.2, 0.25) is 0 Å². The molecule has 3 aromatic rings. The number of ether oxygens (including phenoxy) is 1. The summed E-state index contributed by atoms with van der Waals surface area (Å²) >= 11 is 0. The van der Waals surface area contributed by atoms with Crippen molar-refractivity contribution in [1.29, 1.82) is 0 Å². The molecule has 1 aliphatic heterocycles. The van der Waals surface area contributed by atoms with Gasteiger partial charge in [-0.2, -0.15) is 0 Å². The highest BCUT2D eigenvalue weighted by atomic mass is 16.5. The van der Waals surface area contributed by atoms with Crippen LogP contribution in [0, 0.1) is 6.92 Å². The van der Waals surface area contributed by atoms with Gasteiger partial charge < -0.3 is 14.5 Å². The van der Waals surface area contributed by atoms with Crippen LogP contribution in [0.4, 0.5) is 5.69 Å². The van der Waals surface area contributed by atoms with Crippen molar-refractivity contribution in [2.75, 3.05) is 18.5 Å². The zero-order chi connectivity index (χ0) is 20.9. The maximum atomic E-state index is 12.4. The van der Waals surface area contributed by atoms with Crippen LogP contribution >= 0.6 is 0 Å². The van der Waals surface area contributed by atoms with E-state index in [0.29, 0.717) is 18.0 Å². The predicted octanol–water partition coefficient (Wildman–Crippen LogP) is 3.52. The van der Waals surface area contributed by atoms with Crippen LogP contribution in [0.1, 0.15) is 22.5 Å². The molecule has 0 radical (unpaired) electrons. The Morgan fingerprint density at radius 1 is 1.13 bits per heavy atom. The lowest BCUT2D eigenvalue weighted by molar-refractivity contribution is -0.118. The molecule has 0 spiro atoms. The monoisotopic (exact) mass is 404 g/mol. The number of carbonyl (C=O) groups excluding carboxylic acids is 1. The zero-order valence-corrected chi connectivity index (χ0v) is 16.9. The van der Waals surface area contributed by atoms with E-state index < -0.39 is 0 Å². The number of fused-ring (bicyclic) bond motifs is 1. The molecule has 6 nitrogen and oxygen atoms in total. The van der Waals surface area contributed by atoms with Crippen molar-refractivity contribution in [3.05, 3.63) is 93.5 Å². The second-order valence-corrected chi connectivity index (χ2v) is 7.51. The minimum Gasteiger partial charge on any atom is -0.477 e. The normalized spacial score (nSPS) is 13.5. The summed E-state index contributed by atoms with van der Waals surface area (Å²) in [6.45, 7) is 4.01. The van der Waals surface area contributed by atoms with Crippen molar-refractivity contribution < 1.29 is 13.9 Å². The van der Waals surface area contributed by atoms with E-state index >= 15 is 0 Å². The highest BCUT2D eigenvalue weighted by Gasteiger charge is 2.17. The highest BCUT2D eigenvalue weighted by molar-refractivity contribution is 5.91. The quantitative estimate of drug-likeness (QED) is 0.681. The van der Waals surface area contributed by atoms with Crippen molar-refractivity contribution in [3.8, 4) is 5.75 Å². The van der Waals surface area contributed by atoms with Gasteiger partial charge in [0.25, 0.3) is 5.91 Å². The van der Waals surface area contributed by atoms with E-state index in [2.05, 4.69) is 28.4 Å². The molecule has 0 saturated carbocycles. The molecular formula is C24H24N2O4. The van der Waals surface area contributed by atoms with Gasteiger partial charge in [0.2, 0.25) is 11.2 Å². The second-order valence-electron chi connectivity index (χ2n) is 7.51. The Balaban J connectivity index is 1.31. The number of hydrogen-bond acceptors (Lipinski definition) is 5. The minimum absolute atomic E-state index is 0.0294. The summed E-state index contributed by atoms with van der Waals surface area (Å²) in [4.78, 5) is 26.6. The third kappa shape index (κ3) is 4.96. The van der Waals surface area contributed by atoms with E-state index in [4.69, 9.17) is 9.15 Å². The van der Waals surface area contributed by atoms with Crippen LogP contribution in [0.25, 0.3) is 0 Å². The van der Waals surface area contributed by atoms with E-state index in [1.807, 2.05) is 37.3 Å². The number of nitrogens with zero attached hydrogens (tertiary/aromatic N) is 1. The van der Waals surface area contributed by atoms with Crippen molar-refractivity contribution in [2.24, 2.45) is 0 Å². The molecule has 0 atom stereocenters. The van der Waals surface area contributed by atoms with Crippen LogP contribution in [0.5, 0.6) is 5.75 Å². The summed E-state index contributed by atoms with van der Waals surface area (Å²) in [6, 6.07) is 17.3. The Labute approximate surface area is 175 Å². The van der Waals surface area contributed by atoms with Crippen molar-refractivity contribution in [3.63, 3.8) is 0 Å². The fourth-order valence-corrected chi connectivity index (χ4v) is 3.51. The first-order valence-electron chi connectivity index (χ1n) is 9.97. The molecule has 0 saturated heterocycles. The fourth-order valence-electron chi connectivity index (χ4n) is 3.51. The SMILES string of the molecule is Cc1ccc(NC(=O)COc2coc(CN3CCc4ccccc4C3)cc2=O)cc1. The van der Waals surface area contributed by atoms with Gasteiger partial charge in [0.05, 0.1) is 6.54 Å². The molecule has 2 heterocycles. The number of anilines is 1. The van der Waals surface area contributed by atoms with Crippen LogP contribution < -0.4 is 15.5 Å². The molecule has 2 aromatic carbocycles. The van der Waals surface area contributed by atoms with E-state index in [-0.39, 0.29) is 23.7 Å². The second kappa shape index (κ2) is 8.97. The molecule has 4 rings (SSSR count). The van der Waals surface area contributed by atoms with Crippen molar-refractivity contribution in [2.45, 2.75) is 26.4 Å². The topological polar surface area (TPSA) is 71.8 Å². The first kappa shape index (κ1) is 19.9. The number of benzene rings is 2. The lowest BCUT2D eigenvalue weighted by atomic mass is 10.00. The van der Waals surface area contributed by atoms with E-state index in [0.717, 1.165) is 25.1 Å². The first-order valence-corrected chi connectivity index (χ1v) is 9.97. The maximum absolute atomic E-state index is 12.4. The van der Waals surface area contributed by atoms with Crippen molar-refractivity contribution in [1.82, 2.24) is 4.90 Å². The third-order valence-corrected chi connectivity index (χ3v) is 5.14. The summed E-state index contributed by atoms with van der Waals surface area (Å²) in [7, 11) is 0. The molecule has 6 heteroatoms. The number of nitrogens with one attached hydrogen (secondary N) is 1. The van der Waals surface area contributed by atoms with Crippen LogP contribution in [-0.2, 0) is 24.3 Å². The zero-order valence-electron chi connectivity index (χ0n) is 16.9. The van der Waals surface area contributed by atoms with Gasteiger partial charge in [0, 0.05) is 24.8 Å². The molecular weight excluding hydrogens is 380 g/mol. The smallest absolute Gasteiger partial charge is 0.262 e. The molecule has 0 unspecified atom stereocenters. The molecule has 0 aliphatic carbocycles. The largest absolute Gasteiger partial charge is 0.477 e. The fraction of sp³-hybridized carbons (Fsp3) is 0.250. The number of aryl methyl sites for hydroxylation is 1. The Morgan fingerprint density at radius 2 is 1.90 bits per heavy atom. The maximum Gasteiger partial charge on any atom is 0.262 e. The average Bonchev–Trinajstić information content (AvgIpc) is 2.75. The highest BCUT2D eigenvalue weighted by Crippen LogP contribution is 2.20. The van der Waals surface area contributed by atoms with Crippen molar-refractivity contribution >= 4 is 11.6 Å². The Hall–Kier alpha value is -3.38. The van der Waals surface area contributed by atoms with Gasteiger partial charge in [-0.15, -0.1) is 0 Å². The number of rotatable bonds is 6. The molecule has 0 bridgehead atoms. The van der Waals surface area contributed by atoms with Gasteiger partial charge in [0.1, 0.15) is 12.0 Å². The number of carbonyl (C=O) groups is 1. The van der Waals surface area contributed by atoms with E-state index in [1.54, 1.807) is 0 Å². The summed E-state index contributed by atoms with van der Waals surface area (Å²) in [5.74, 6) is 0.270. The van der Waals surface area contributed by atoms with Gasteiger partial charge in [-0.05, 0) is 36.6 Å². The molecule has 1 aliphatic rings. The molecule has 0 fully saturated rings. The Morgan fingerprint density at radius 3 is 2.67 bits per heavy atom. The van der Waals surface area contributed by atoms with Crippen LogP contribution in [0.3, 0.4) is 0 Å². The summed E-state index contributed by atoms with van der Waals surface area (Å²) in [5, 5.41) is 2.73. The molecule has 1 N–H and O–H groups in total. The van der Waals surface area contributed by atoms with Gasteiger partial charge in [-0.25, -0.2) is 0 Å². The lowest BCUT2D eigenvalue weighted by Gasteiger charge is -2.28. The summed E-state index contributed by atoms with van der Waals surface area (Å²) < 4.78 is 10.9. The number of hydrogen-bond donors (Lipinski definition) is 1. The molecule has 1 aromatic heterocycles. The minimum atomic E-state index is -0.339. The van der Waals surface area contributed by atoms with Crippen LogP contribution in [0.15, 0.2) is 70.1 Å². The average molecular weight is 404 g/mol. The van der Waals surface area contributed by atoms with E-state index in [1.165, 1.54) is 23.5 Å². The van der Waals surface area contributed by atoms with Crippen LogP contribution in [-0.4, -0.2) is 24.0 Å². The van der Waals surface area contributed by atoms with Gasteiger partial charge in [-0.3, -0.25) is 14.5 Å². The molecule has 30 heavy (non-hydrogen) atoms. The molecule has 154 valence electrons. The van der Waals surface area contributed by atoms with E-state index in [9.17, 15) is 9.59 Å². The Bertz CT molecular complexity index is 1090. The molecule has 1 amide bonds.